The minimum atomic E-state index is -0.228. The number of benzene rings is 1. The molecule has 1 aromatic rings. The van der Waals surface area contributed by atoms with E-state index < -0.39 is 0 Å². The van der Waals surface area contributed by atoms with Crippen LogP contribution in [0.4, 0.5) is 11.4 Å². The van der Waals surface area contributed by atoms with Crippen LogP contribution in [0.15, 0.2) is 12.1 Å². The predicted molar refractivity (Wildman–Crippen MR) is 55.2 cm³/mol. The second-order valence-electron chi connectivity index (χ2n) is 2.54. The van der Waals surface area contributed by atoms with E-state index in [1.807, 2.05) is 0 Å². The van der Waals surface area contributed by atoms with Crippen LogP contribution in [0.1, 0.15) is 6.92 Å². The van der Waals surface area contributed by atoms with Crippen LogP contribution in [-0.2, 0) is 4.79 Å². The average Bonchev–Trinajstić information content (AvgIpc) is 1.96. The summed E-state index contributed by atoms with van der Waals surface area (Å²) in [6.45, 7) is 1.38. The van der Waals surface area contributed by atoms with Crippen molar-refractivity contribution in [1.29, 1.82) is 0 Å². The molecule has 0 unspecified atom stereocenters. The minimum Gasteiger partial charge on any atom is -0.399 e. The van der Waals surface area contributed by atoms with Crippen LogP contribution in [0, 0.1) is 0 Å². The molecule has 0 bridgehead atoms. The first-order valence-corrected chi connectivity index (χ1v) is 4.28. The lowest BCUT2D eigenvalue weighted by molar-refractivity contribution is -0.114. The first-order chi connectivity index (χ1) is 6.00. The number of hydrogen-bond acceptors (Lipinski definition) is 2. The highest BCUT2D eigenvalue weighted by molar-refractivity contribution is 6.40. The van der Waals surface area contributed by atoms with E-state index in [1.54, 1.807) is 0 Å². The van der Waals surface area contributed by atoms with Gasteiger partial charge in [-0.05, 0) is 12.1 Å². The molecule has 0 aliphatic carbocycles. The summed E-state index contributed by atoms with van der Waals surface area (Å²) in [6, 6.07) is 3.05. The number of carbonyl (C=O) groups excluding carboxylic acids is 1. The monoisotopic (exact) mass is 218 g/mol. The Hall–Kier alpha value is -0.930. The van der Waals surface area contributed by atoms with Gasteiger partial charge in [0.1, 0.15) is 0 Å². The molecule has 3 N–H and O–H groups in total. The number of amides is 1. The van der Waals surface area contributed by atoms with Crippen molar-refractivity contribution >= 4 is 40.5 Å². The second kappa shape index (κ2) is 3.85. The number of nitrogen functional groups attached to an aromatic ring is 1. The predicted octanol–water partition coefficient (Wildman–Crippen LogP) is 2.53. The summed E-state index contributed by atoms with van der Waals surface area (Å²) in [5.74, 6) is -0.228. The molecule has 3 nitrogen and oxygen atoms in total. The van der Waals surface area contributed by atoms with Gasteiger partial charge < -0.3 is 11.1 Å². The largest absolute Gasteiger partial charge is 0.399 e. The van der Waals surface area contributed by atoms with E-state index in [1.165, 1.54) is 19.1 Å². The number of hydrogen-bond donors (Lipinski definition) is 2. The molecule has 0 spiro atoms. The van der Waals surface area contributed by atoms with Crippen molar-refractivity contribution < 1.29 is 4.79 Å². The molecule has 0 saturated heterocycles. The highest BCUT2D eigenvalue weighted by Crippen LogP contribution is 2.32. The number of rotatable bonds is 1. The lowest BCUT2D eigenvalue weighted by atomic mass is 10.3. The quantitative estimate of drug-likeness (QED) is 0.713. The normalized spacial score (nSPS) is 9.77. The molecule has 0 aliphatic rings. The van der Waals surface area contributed by atoms with Crippen molar-refractivity contribution in [1.82, 2.24) is 0 Å². The third-order valence-electron chi connectivity index (χ3n) is 1.37. The van der Waals surface area contributed by atoms with Gasteiger partial charge in [0.05, 0.1) is 15.7 Å². The van der Waals surface area contributed by atoms with Gasteiger partial charge in [0.25, 0.3) is 0 Å². The maximum atomic E-state index is 10.7. The van der Waals surface area contributed by atoms with E-state index in [0.717, 1.165) is 0 Å². The molecule has 5 heteroatoms. The Labute approximate surface area is 85.8 Å². The van der Waals surface area contributed by atoms with Crippen LogP contribution < -0.4 is 11.1 Å². The smallest absolute Gasteiger partial charge is 0.221 e. The number of nitrogens with one attached hydrogen (secondary N) is 1. The molecule has 0 aliphatic heterocycles. The first kappa shape index (κ1) is 10.2. The summed E-state index contributed by atoms with van der Waals surface area (Å²) >= 11 is 11.6. The molecule has 0 fully saturated rings. The maximum absolute atomic E-state index is 10.7. The van der Waals surface area contributed by atoms with Gasteiger partial charge in [-0.1, -0.05) is 23.2 Å². The maximum Gasteiger partial charge on any atom is 0.221 e. The molecule has 1 amide bonds. The highest BCUT2D eigenvalue weighted by atomic mass is 35.5. The van der Waals surface area contributed by atoms with Gasteiger partial charge in [0, 0.05) is 12.6 Å². The lowest BCUT2D eigenvalue weighted by Crippen LogP contribution is -2.07. The number of carbonyl (C=O) groups is 1. The molecule has 0 aromatic heterocycles. The van der Waals surface area contributed by atoms with Crippen LogP contribution in [-0.4, -0.2) is 5.91 Å². The zero-order chi connectivity index (χ0) is 10.0. The van der Waals surface area contributed by atoms with Crippen molar-refractivity contribution in [2.75, 3.05) is 11.1 Å². The van der Waals surface area contributed by atoms with Crippen molar-refractivity contribution in [3.05, 3.63) is 22.2 Å². The van der Waals surface area contributed by atoms with Crippen molar-refractivity contribution in [2.24, 2.45) is 0 Å². The van der Waals surface area contributed by atoms with Gasteiger partial charge >= 0.3 is 0 Å². The number of anilines is 2. The van der Waals surface area contributed by atoms with E-state index in [0.29, 0.717) is 21.4 Å². The summed E-state index contributed by atoms with van der Waals surface area (Å²) in [5, 5.41) is 3.18. The van der Waals surface area contributed by atoms with E-state index in [4.69, 9.17) is 28.9 Å². The fourth-order valence-electron chi connectivity index (χ4n) is 0.888. The topological polar surface area (TPSA) is 55.1 Å². The molecule has 1 aromatic carbocycles. The number of halogens is 2. The van der Waals surface area contributed by atoms with Crippen LogP contribution in [0.5, 0.6) is 0 Å². The molecule has 70 valence electrons. The third kappa shape index (κ3) is 2.50. The zero-order valence-corrected chi connectivity index (χ0v) is 8.41. The zero-order valence-electron chi connectivity index (χ0n) is 6.90. The summed E-state index contributed by atoms with van der Waals surface area (Å²) < 4.78 is 0. The summed E-state index contributed by atoms with van der Waals surface area (Å²) in [6.07, 6.45) is 0. The third-order valence-corrected chi connectivity index (χ3v) is 1.96. The average molecular weight is 219 g/mol. The van der Waals surface area contributed by atoms with Gasteiger partial charge in [0.2, 0.25) is 5.91 Å². The standard InChI is InChI=1S/C8H8Cl2N2O/c1-4(13)12-8-6(9)2-5(11)3-7(8)10/h2-3H,11H2,1H3,(H,12,13). The fourth-order valence-corrected chi connectivity index (χ4v) is 1.49. The van der Waals surface area contributed by atoms with E-state index in [9.17, 15) is 4.79 Å². The van der Waals surface area contributed by atoms with E-state index in [-0.39, 0.29) is 5.91 Å². The Bertz CT molecular complexity index is 329. The fraction of sp³-hybridized carbons (Fsp3) is 0.125. The van der Waals surface area contributed by atoms with E-state index in [2.05, 4.69) is 5.32 Å². The molecule has 13 heavy (non-hydrogen) atoms. The van der Waals surface area contributed by atoms with Gasteiger partial charge in [-0.15, -0.1) is 0 Å². The molecule has 0 saturated carbocycles. The Balaban J connectivity index is 3.13. The van der Waals surface area contributed by atoms with Gasteiger partial charge in [0.15, 0.2) is 0 Å². The Morgan fingerprint density at radius 3 is 2.23 bits per heavy atom. The molecular formula is C8H8Cl2N2O. The lowest BCUT2D eigenvalue weighted by Gasteiger charge is -2.07. The second-order valence-corrected chi connectivity index (χ2v) is 3.36. The van der Waals surface area contributed by atoms with Crippen molar-refractivity contribution in [3.63, 3.8) is 0 Å². The number of nitrogens with two attached hydrogens (primary N) is 1. The first-order valence-electron chi connectivity index (χ1n) is 3.53. The summed E-state index contributed by atoms with van der Waals surface area (Å²) in [4.78, 5) is 10.7. The molecule has 1 rings (SSSR count). The Morgan fingerprint density at radius 1 is 1.38 bits per heavy atom. The minimum absolute atomic E-state index is 0.228. The highest BCUT2D eigenvalue weighted by Gasteiger charge is 2.07. The summed E-state index contributed by atoms with van der Waals surface area (Å²) in [5.41, 5.74) is 6.33. The van der Waals surface area contributed by atoms with Gasteiger partial charge in [-0.3, -0.25) is 4.79 Å². The van der Waals surface area contributed by atoms with Crippen LogP contribution in [0.25, 0.3) is 0 Å². The Kier molecular flexibility index (Phi) is 3.01. The van der Waals surface area contributed by atoms with Crippen LogP contribution in [0.2, 0.25) is 10.0 Å². The van der Waals surface area contributed by atoms with Crippen LogP contribution in [0.3, 0.4) is 0 Å². The SMILES string of the molecule is CC(=O)Nc1c(Cl)cc(N)cc1Cl. The van der Waals surface area contributed by atoms with Crippen molar-refractivity contribution in [2.45, 2.75) is 6.92 Å². The molecular weight excluding hydrogens is 211 g/mol. The van der Waals surface area contributed by atoms with E-state index >= 15 is 0 Å². The van der Waals surface area contributed by atoms with Gasteiger partial charge in [-0.25, -0.2) is 0 Å². The molecule has 0 atom stereocenters. The molecule has 0 heterocycles. The van der Waals surface area contributed by atoms with Crippen LogP contribution >= 0.6 is 23.2 Å². The molecule has 0 radical (unpaired) electrons. The summed E-state index contributed by atoms with van der Waals surface area (Å²) in [7, 11) is 0. The van der Waals surface area contributed by atoms with Gasteiger partial charge in [-0.2, -0.15) is 0 Å². The Morgan fingerprint density at radius 2 is 1.85 bits per heavy atom. The van der Waals surface area contributed by atoms with Crippen molar-refractivity contribution in [3.8, 4) is 0 Å².